The number of ether oxygens (including phenoxy) is 2. The first kappa shape index (κ1) is 14.8. The summed E-state index contributed by atoms with van der Waals surface area (Å²) in [5.41, 5.74) is 0. The molecule has 0 amide bonds. The van der Waals surface area contributed by atoms with E-state index in [0.717, 1.165) is 18.8 Å². The molecule has 0 spiro atoms. The lowest BCUT2D eigenvalue weighted by Crippen LogP contribution is -2.48. The lowest BCUT2D eigenvalue weighted by molar-refractivity contribution is -0.278. The van der Waals surface area contributed by atoms with Crippen molar-refractivity contribution in [3.63, 3.8) is 0 Å². The van der Waals surface area contributed by atoms with Gasteiger partial charge in [-0.3, -0.25) is 0 Å². The van der Waals surface area contributed by atoms with E-state index in [4.69, 9.17) is 9.47 Å². The van der Waals surface area contributed by atoms with Crippen LogP contribution in [-0.2, 0) is 9.47 Å². The van der Waals surface area contributed by atoms with Crippen molar-refractivity contribution >= 4 is 0 Å². The van der Waals surface area contributed by atoms with E-state index in [0.29, 0.717) is 12.0 Å². The summed E-state index contributed by atoms with van der Waals surface area (Å²) in [6.07, 6.45) is 9.81. The zero-order valence-electron chi connectivity index (χ0n) is 13.0. The largest absolute Gasteiger partial charge is 0.388 e. The van der Waals surface area contributed by atoms with Crippen LogP contribution in [0.1, 0.15) is 65.2 Å². The Kier molecular flexibility index (Phi) is 4.68. The van der Waals surface area contributed by atoms with Gasteiger partial charge in [-0.05, 0) is 50.4 Å². The first-order chi connectivity index (χ1) is 9.65. The van der Waals surface area contributed by atoms with E-state index in [1.807, 2.05) is 0 Å². The van der Waals surface area contributed by atoms with Gasteiger partial charge in [0.2, 0.25) is 0 Å². The van der Waals surface area contributed by atoms with E-state index in [9.17, 15) is 5.11 Å². The summed E-state index contributed by atoms with van der Waals surface area (Å²) >= 11 is 0. The Hall–Kier alpha value is -0.120. The molecule has 2 unspecified atom stereocenters. The van der Waals surface area contributed by atoms with Crippen molar-refractivity contribution in [3.8, 4) is 0 Å². The van der Waals surface area contributed by atoms with Gasteiger partial charge in [-0.1, -0.05) is 32.6 Å². The van der Waals surface area contributed by atoms with E-state index in [1.165, 1.54) is 38.5 Å². The van der Waals surface area contributed by atoms with E-state index in [2.05, 4.69) is 13.8 Å². The predicted molar refractivity (Wildman–Crippen MR) is 78.3 cm³/mol. The fourth-order valence-electron chi connectivity index (χ4n) is 4.63. The van der Waals surface area contributed by atoms with Gasteiger partial charge in [-0.2, -0.15) is 0 Å². The van der Waals surface area contributed by atoms with Crippen LogP contribution in [0.4, 0.5) is 0 Å². The molecular formula is C17H30O3. The monoisotopic (exact) mass is 282 g/mol. The lowest BCUT2D eigenvalue weighted by atomic mass is 9.69. The van der Waals surface area contributed by atoms with E-state index in [-0.39, 0.29) is 12.0 Å². The lowest BCUT2D eigenvalue weighted by Gasteiger charge is -2.44. The number of rotatable bonds is 2. The van der Waals surface area contributed by atoms with Crippen molar-refractivity contribution < 1.29 is 14.6 Å². The van der Waals surface area contributed by atoms with Crippen LogP contribution in [0.25, 0.3) is 0 Å². The maximum atomic E-state index is 10.3. The molecule has 1 heterocycles. The van der Waals surface area contributed by atoms with Gasteiger partial charge in [0.1, 0.15) is 6.10 Å². The molecule has 1 aliphatic heterocycles. The molecule has 0 radical (unpaired) electrons. The average molecular weight is 282 g/mol. The number of fused-ring (bicyclic) bond motifs is 1. The number of aliphatic hydroxyl groups excluding tert-OH is 1. The number of aliphatic hydroxyl groups is 1. The zero-order valence-corrected chi connectivity index (χ0v) is 13.0. The summed E-state index contributed by atoms with van der Waals surface area (Å²) in [6.45, 7) is 4.19. The van der Waals surface area contributed by atoms with Crippen LogP contribution in [0.2, 0.25) is 0 Å². The summed E-state index contributed by atoms with van der Waals surface area (Å²) in [5.74, 6) is 1.84. The Balaban J connectivity index is 1.63. The van der Waals surface area contributed by atoms with E-state index >= 15 is 0 Å². The van der Waals surface area contributed by atoms with Crippen molar-refractivity contribution in [2.75, 3.05) is 0 Å². The molecule has 2 saturated carbocycles. The van der Waals surface area contributed by atoms with Crippen LogP contribution >= 0.6 is 0 Å². The van der Waals surface area contributed by atoms with Gasteiger partial charge in [0.15, 0.2) is 6.29 Å². The summed E-state index contributed by atoms with van der Waals surface area (Å²) in [7, 11) is 0. The molecule has 2 aliphatic carbocycles. The quantitative estimate of drug-likeness (QED) is 0.842. The molecule has 0 aromatic heterocycles. The molecule has 0 aromatic rings. The van der Waals surface area contributed by atoms with Crippen LogP contribution < -0.4 is 0 Å². The van der Waals surface area contributed by atoms with Gasteiger partial charge >= 0.3 is 0 Å². The van der Waals surface area contributed by atoms with Gasteiger partial charge in [0.25, 0.3) is 0 Å². The normalized spacial score (nSPS) is 49.6. The second-order valence-electron chi connectivity index (χ2n) is 7.33. The van der Waals surface area contributed by atoms with Gasteiger partial charge < -0.3 is 14.6 Å². The van der Waals surface area contributed by atoms with Gasteiger partial charge in [-0.25, -0.2) is 0 Å². The van der Waals surface area contributed by atoms with Gasteiger partial charge in [-0.15, -0.1) is 0 Å². The zero-order chi connectivity index (χ0) is 14.1. The van der Waals surface area contributed by atoms with Crippen molar-refractivity contribution in [1.82, 2.24) is 0 Å². The third-order valence-electron chi connectivity index (χ3n) is 5.75. The van der Waals surface area contributed by atoms with Crippen molar-refractivity contribution in [3.05, 3.63) is 0 Å². The Bertz CT molecular complexity index is 317. The van der Waals surface area contributed by atoms with E-state index in [1.54, 1.807) is 0 Å². The van der Waals surface area contributed by atoms with Crippen molar-refractivity contribution in [2.45, 2.75) is 89.8 Å². The fraction of sp³-hybridized carbons (Fsp3) is 1.00. The van der Waals surface area contributed by atoms with Crippen LogP contribution in [0.15, 0.2) is 0 Å². The molecule has 3 rings (SSSR count). The summed E-state index contributed by atoms with van der Waals surface area (Å²) < 4.78 is 12.2. The van der Waals surface area contributed by atoms with Gasteiger partial charge in [0.05, 0.1) is 12.2 Å². The highest BCUT2D eigenvalue weighted by molar-refractivity contribution is 4.87. The van der Waals surface area contributed by atoms with Crippen molar-refractivity contribution in [1.29, 1.82) is 0 Å². The molecule has 0 bridgehead atoms. The third-order valence-corrected chi connectivity index (χ3v) is 5.75. The maximum absolute atomic E-state index is 10.3. The maximum Gasteiger partial charge on any atom is 0.184 e. The Labute approximate surface area is 123 Å². The molecule has 3 aliphatic rings. The molecule has 20 heavy (non-hydrogen) atoms. The Morgan fingerprint density at radius 1 is 1.00 bits per heavy atom. The summed E-state index contributed by atoms with van der Waals surface area (Å²) in [4.78, 5) is 0. The topological polar surface area (TPSA) is 38.7 Å². The van der Waals surface area contributed by atoms with Crippen LogP contribution in [0, 0.1) is 17.8 Å². The minimum Gasteiger partial charge on any atom is -0.388 e. The second-order valence-corrected chi connectivity index (χ2v) is 7.33. The number of hydrogen-bond donors (Lipinski definition) is 1. The minimum atomic E-state index is -0.463. The molecule has 1 saturated heterocycles. The molecule has 0 aromatic carbocycles. The SMILES string of the molecule is CC1CC(C)[C@@H](O)[C@H](O[C@H]2CCC[C@H]3CCCC[C@H]32)O1. The average Bonchev–Trinajstić information content (AvgIpc) is 2.44. The molecule has 116 valence electrons. The molecule has 3 fully saturated rings. The van der Waals surface area contributed by atoms with Crippen LogP contribution in [0.5, 0.6) is 0 Å². The fourth-order valence-corrected chi connectivity index (χ4v) is 4.63. The highest BCUT2D eigenvalue weighted by Crippen LogP contribution is 2.42. The first-order valence-corrected chi connectivity index (χ1v) is 8.64. The Morgan fingerprint density at radius 3 is 2.60 bits per heavy atom. The molecule has 7 atom stereocenters. The van der Waals surface area contributed by atoms with Crippen LogP contribution in [0.3, 0.4) is 0 Å². The second kappa shape index (κ2) is 6.33. The highest BCUT2D eigenvalue weighted by Gasteiger charge is 2.40. The molecule has 3 heteroatoms. The number of hydrogen-bond acceptors (Lipinski definition) is 3. The Morgan fingerprint density at radius 2 is 1.75 bits per heavy atom. The summed E-state index contributed by atoms with van der Waals surface area (Å²) in [5, 5.41) is 10.3. The molecule has 1 N–H and O–H groups in total. The molecular weight excluding hydrogens is 252 g/mol. The van der Waals surface area contributed by atoms with Crippen molar-refractivity contribution in [2.24, 2.45) is 17.8 Å². The highest BCUT2D eigenvalue weighted by atomic mass is 16.7. The van der Waals surface area contributed by atoms with E-state index < -0.39 is 12.4 Å². The standard InChI is InChI=1S/C17H30O3/c1-11-10-12(2)19-17(16(11)18)20-15-9-5-7-13-6-3-4-8-14(13)15/h11-18H,3-10H2,1-2H3/t11?,12?,13-,14-,15+,16-,17+/m1/s1. The molecule has 3 nitrogen and oxygen atoms in total. The summed E-state index contributed by atoms with van der Waals surface area (Å²) in [6, 6.07) is 0. The van der Waals surface area contributed by atoms with Gasteiger partial charge in [0, 0.05) is 0 Å². The minimum absolute atomic E-state index is 0.198. The smallest absolute Gasteiger partial charge is 0.184 e. The first-order valence-electron chi connectivity index (χ1n) is 8.64. The predicted octanol–water partition coefficient (Wildman–Crippen LogP) is 3.49. The third kappa shape index (κ3) is 3.05. The van der Waals surface area contributed by atoms with Crippen LogP contribution in [-0.4, -0.2) is 29.7 Å².